The number of aliphatic hydroxyl groups is 4. The molecular formula is C9H15NO9. The summed E-state index contributed by atoms with van der Waals surface area (Å²) in [5.74, 6) is -0.873. The maximum atomic E-state index is 11.1. The summed E-state index contributed by atoms with van der Waals surface area (Å²) in [4.78, 5) is 20.4. The lowest BCUT2D eigenvalue weighted by molar-refractivity contribution is -0.479. The Hall–Kier alpha value is -1.33. The van der Waals surface area contributed by atoms with Gasteiger partial charge in [-0.05, 0) is 0 Å². The molecule has 1 fully saturated rings. The summed E-state index contributed by atoms with van der Waals surface area (Å²) in [5.41, 5.74) is 0. The molecule has 10 heteroatoms. The van der Waals surface area contributed by atoms with Gasteiger partial charge in [-0.1, -0.05) is 0 Å². The number of esters is 1. The molecule has 4 N–H and O–H groups in total. The molecule has 0 radical (unpaired) electrons. The molecular weight excluding hydrogens is 266 g/mol. The van der Waals surface area contributed by atoms with Crippen LogP contribution in [0.25, 0.3) is 0 Å². The van der Waals surface area contributed by atoms with Crippen molar-refractivity contribution in [3.05, 3.63) is 10.1 Å². The lowest BCUT2D eigenvalue weighted by Gasteiger charge is -2.37. The molecule has 0 unspecified atom stereocenters. The van der Waals surface area contributed by atoms with E-state index >= 15 is 0 Å². The number of carbonyl (C=O) groups is 1. The van der Waals surface area contributed by atoms with Crippen LogP contribution < -0.4 is 0 Å². The molecule has 1 heterocycles. The molecule has 1 aliphatic rings. The Morgan fingerprint density at radius 1 is 1.21 bits per heavy atom. The van der Waals surface area contributed by atoms with Crippen molar-refractivity contribution in [2.24, 2.45) is 0 Å². The Morgan fingerprint density at radius 3 is 2.42 bits per heavy atom. The van der Waals surface area contributed by atoms with Gasteiger partial charge in [-0.3, -0.25) is 14.9 Å². The van der Waals surface area contributed by atoms with Crippen LogP contribution in [0.2, 0.25) is 0 Å². The molecule has 0 bridgehead atoms. The second kappa shape index (κ2) is 6.73. The summed E-state index contributed by atoms with van der Waals surface area (Å²) in [7, 11) is 0. The maximum absolute atomic E-state index is 11.1. The number of hydrogen-bond acceptors (Lipinski definition) is 9. The fraction of sp³-hybridized carbons (Fsp3) is 0.889. The second-order valence-corrected chi connectivity index (χ2v) is 4.03. The molecule has 19 heavy (non-hydrogen) atoms. The molecule has 0 aliphatic carbocycles. The summed E-state index contributed by atoms with van der Waals surface area (Å²) in [6.45, 7) is -1.09. The van der Waals surface area contributed by atoms with E-state index in [9.17, 15) is 35.3 Å². The average Bonchev–Trinajstić information content (AvgIpc) is 2.36. The number of carbonyl (C=O) groups excluding carboxylic acids is 1. The Morgan fingerprint density at radius 2 is 1.84 bits per heavy atom. The van der Waals surface area contributed by atoms with Crippen LogP contribution in [0.15, 0.2) is 0 Å². The first-order valence-corrected chi connectivity index (χ1v) is 5.48. The van der Waals surface area contributed by atoms with Crippen molar-refractivity contribution in [3.63, 3.8) is 0 Å². The van der Waals surface area contributed by atoms with Gasteiger partial charge in [0.15, 0.2) is 6.29 Å². The van der Waals surface area contributed by atoms with Gasteiger partial charge < -0.3 is 29.9 Å². The van der Waals surface area contributed by atoms with Gasteiger partial charge in [-0.15, -0.1) is 0 Å². The van der Waals surface area contributed by atoms with Crippen LogP contribution in [-0.2, 0) is 14.3 Å². The monoisotopic (exact) mass is 281 g/mol. The van der Waals surface area contributed by atoms with Crippen LogP contribution >= 0.6 is 0 Å². The van der Waals surface area contributed by atoms with Gasteiger partial charge in [0, 0.05) is 4.92 Å². The molecule has 0 spiro atoms. The van der Waals surface area contributed by atoms with Gasteiger partial charge in [-0.25, -0.2) is 0 Å². The first-order chi connectivity index (χ1) is 8.82. The Kier molecular flexibility index (Phi) is 5.57. The highest BCUT2D eigenvalue weighted by Gasteiger charge is 2.43. The van der Waals surface area contributed by atoms with Gasteiger partial charge in [0.05, 0.1) is 0 Å². The second-order valence-electron chi connectivity index (χ2n) is 4.03. The van der Waals surface area contributed by atoms with E-state index in [2.05, 4.69) is 4.74 Å². The number of aliphatic hydroxyl groups excluding tert-OH is 4. The number of rotatable bonds is 5. The van der Waals surface area contributed by atoms with E-state index in [-0.39, 0.29) is 0 Å². The Labute approximate surface area is 107 Å². The molecule has 0 aromatic carbocycles. The summed E-state index contributed by atoms with van der Waals surface area (Å²) < 4.78 is 9.34. The Balaban J connectivity index is 2.40. The summed E-state index contributed by atoms with van der Waals surface area (Å²) in [6.07, 6.45) is -8.26. The van der Waals surface area contributed by atoms with E-state index in [4.69, 9.17) is 4.74 Å². The third-order valence-electron chi connectivity index (χ3n) is 2.59. The van der Waals surface area contributed by atoms with Gasteiger partial charge in [0.1, 0.15) is 37.4 Å². The third kappa shape index (κ3) is 4.36. The van der Waals surface area contributed by atoms with Crippen LogP contribution in [0, 0.1) is 10.1 Å². The average molecular weight is 281 g/mol. The van der Waals surface area contributed by atoms with Crippen molar-refractivity contribution in [1.82, 2.24) is 0 Å². The van der Waals surface area contributed by atoms with Crippen molar-refractivity contribution in [1.29, 1.82) is 0 Å². The van der Waals surface area contributed by atoms with Crippen LogP contribution in [0.5, 0.6) is 0 Å². The molecule has 0 aromatic heterocycles. The molecule has 10 nitrogen and oxygen atoms in total. The molecule has 110 valence electrons. The van der Waals surface area contributed by atoms with Crippen molar-refractivity contribution < 1.29 is 39.6 Å². The molecule has 1 rings (SSSR count). The van der Waals surface area contributed by atoms with E-state index in [1.54, 1.807) is 0 Å². The summed E-state index contributed by atoms with van der Waals surface area (Å²) >= 11 is 0. The highest BCUT2D eigenvalue weighted by atomic mass is 16.7. The predicted octanol–water partition coefficient (Wildman–Crippen LogP) is -3.00. The lowest BCUT2D eigenvalue weighted by atomic mass is 9.99. The van der Waals surface area contributed by atoms with E-state index in [1.807, 2.05) is 0 Å². The molecule has 1 aliphatic heterocycles. The first-order valence-electron chi connectivity index (χ1n) is 5.48. The fourth-order valence-electron chi connectivity index (χ4n) is 1.50. The van der Waals surface area contributed by atoms with Crippen LogP contribution in [0.4, 0.5) is 0 Å². The minimum absolute atomic E-state index is 0.441. The number of hydrogen-bond donors (Lipinski definition) is 4. The molecule has 0 aromatic rings. The highest BCUT2D eigenvalue weighted by Crippen LogP contribution is 2.20. The number of ether oxygens (including phenoxy) is 2. The number of nitrogens with zero attached hydrogens (tertiary/aromatic N) is 1. The third-order valence-corrected chi connectivity index (χ3v) is 2.59. The highest BCUT2D eigenvalue weighted by molar-refractivity contribution is 5.69. The van der Waals surface area contributed by atoms with Gasteiger partial charge >= 0.3 is 5.97 Å². The summed E-state index contributed by atoms with van der Waals surface area (Å²) in [6, 6.07) is 0. The topological polar surface area (TPSA) is 160 Å². The van der Waals surface area contributed by atoms with Crippen LogP contribution in [0.3, 0.4) is 0 Å². The SMILES string of the molecule is O=C(CC[N+](=O)[O-])OC[C@H]1O[C@@H](O)[C@H](O)[C@@H](O)[C@@H]1O. The van der Waals surface area contributed by atoms with Crippen LogP contribution in [0.1, 0.15) is 6.42 Å². The van der Waals surface area contributed by atoms with Crippen LogP contribution in [-0.4, -0.2) is 75.2 Å². The lowest BCUT2D eigenvalue weighted by Crippen LogP contribution is -2.58. The van der Waals surface area contributed by atoms with E-state index in [0.29, 0.717) is 0 Å². The molecule has 0 amide bonds. The standard InChI is InChI=1S/C9H15NO9/c11-5(1-2-10(16)17)18-3-4-6(12)7(13)8(14)9(15)19-4/h4,6-9,12-15H,1-3H2/t4-,6-,7+,8-,9-/m1/s1. The van der Waals surface area contributed by atoms with E-state index in [0.717, 1.165) is 0 Å². The zero-order chi connectivity index (χ0) is 14.6. The van der Waals surface area contributed by atoms with Gasteiger partial charge in [0.25, 0.3) is 0 Å². The van der Waals surface area contributed by atoms with Crippen molar-refractivity contribution in [3.8, 4) is 0 Å². The van der Waals surface area contributed by atoms with Gasteiger partial charge in [-0.2, -0.15) is 0 Å². The van der Waals surface area contributed by atoms with E-state index < -0.39 is 61.2 Å². The van der Waals surface area contributed by atoms with Crippen molar-refractivity contribution >= 4 is 5.97 Å². The fourth-order valence-corrected chi connectivity index (χ4v) is 1.50. The minimum Gasteiger partial charge on any atom is -0.463 e. The zero-order valence-electron chi connectivity index (χ0n) is 9.79. The number of nitro groups is 1. The minimum atomic E-state index is -1.72. The molecule has 5 atom stereocenters. The van der Waals surface area contributed by atoms with E-state index in [1.165, 1.54) is 0 Å². The smallest absolute Gasteiger partial charge is 0.312 e. The summed E-state index contributed by atoms with van der Waals surface area (Å²) in [5, 5.41) is 47.3. The largest absolute Gasteiger partial charge is 0.463 e. The quantitative estimate of drug-likeness (QED) is 0.234. The zero-order valence-corrected chi connectivity index (χ0v) is 9.79. The maximum Gasteiger partial charge on any atom is 0.312 e. The van der Waals surface area contributed by atoms with Crippen molar-refractivity contribution in [2.45, 2.75) is 37.1 Å². The molecule has 0 saturated carbocycles. The first kappa shape index (κ1) is 15.7. The predicted molar refractivity (Wildman–Crippen MR) is 56.3 cm³/mol. The Bertz CT molecular complexity index is 336. The normalized spacial score (nSPS) is 34.8. The van der Waals surface area contributed by atoms with Crippen molar-refractivity contribution in [2.75, 3.05) is 13.2 Å². The van der Waals surface area contributed by atoms with Gasteiger partial charge in [0.2, 0.25) is 6.54 Å². The molecule has 1 saturated heterocycles.